The first-order chi connectivity index (χ1) is 5.86. The number of thioether (sulfide) groups is 1. The predicted molar refractivity (Wildman–Crippen MR) is 51.4 cm³/mol. The summed E-state index contributed by atoms with van der Waals surface area (Å²) in [6.45, 7) is 3.04. The minimum Gasteiger partial charge on any atom is -0.396 e. The van der Waals surface area contributed by atoms with E-state index in [4.69, 9.17) is 5.11 Å². The third-order valence-electron chi connectivity index (χ3n) is 1.82. The summed E-state index contributed by atoms with van der Waals surface area (Å²) in [6.07, 6.45) is 2.88. The zero-order chi connectivity index (χ0) is 8.81. The monoisotopic (exact) mass is 190 g/mol. The molecule has 0 aromatic rings. The van der Waals surface area contributed by atoms with Crippen LogP contribution in [0.4, 0.5) is 0 Å². The largest absolute Gasteiger partial charge is 0.396 e. The quantitative estimate of drug-likeness (QED) is 0.507. The van der Waals surface area contributed by atoms with Crippen molar-refractivity contribution in [2.45, 2.75) is 6.42 Å². The molecule has 0 saturated carbocycles. The molecule has 0 fully saturated rings. The Balaban J connectivity index is 2.21. The molecule has 0 aromatic heterocycles. The summed E-state index contributed by atoms with van der Waals surface area (Å²) < 4.78 is 0. The van der Waals surface area contributed by atoms with Crippen LogP contribution in [0.25, 0.3) is 0 Å². The van der Waals surface area contributed by atoms with Gasteiger partial charge in [-0.1, -0.05) is 11.8 Å². The molecule has 1 aliphatic heterocycles. The summed E-state index contributed by atoms with van der Waals surface area (Å²) in [6, 6.07) is 0. The zero-order valence-electron chi connectivity index (χ0n) is 7.34. The third-order valence-corrected chi connectivity index (χ3v) is 2.48. The van der Waals surface area contributed by atoms with E-state index in [2.05, 4.69) is 10.3 Å². The summed E-state index contributed by atoms with van der Waals surface area (Å²) in [5.41, 5.74) is 0. The van der Waals surface area contributed by atoms with Gasteiger partial charge in [-0.2, -0.15) is 0 Å². The van der Waals surface area contributed by atoms with Crippen LogP contribution in [0.1, 0.15) is 6.42 Å². The van der Waals surface area contributed by atoms with E-state index in [1.807, 2.05) is 6.26 Å². The van der Waals surface area contributed by atoms with E-state index >= 15 is 0 Å². The molecule has 1 heterocycles. The minimum atomic E-state index is 0.280. The van der Waals surface area contributed by atoms with Gasteiger partial charge >= 0.3 is 0 Å². The van der Waals surface area contributed by atoms with Crippen molar-refractivity contribution in [2.24, 2.45) is 4.99 Å². The van der Waals surface area contributed by atoms with E-state index in [-0.39, 0.29) is 6.61 Å². The number of hydrogen-bond donors (Lipinski definition) is 3. The molecule has 1 unspecified atom stereocenters. The topological polar surface area (TPSA) is 49.1 Å². The molecule has 5 heteroatoms. The molecule has 0 aliphatic carbocycles. The van der Waals surface area contributed by atoms with Crippen molar-refractivity contribution < 1.29 is 10.0 Å². The van der Waals surface area contributed by atoms with Crippen molar-refractivity contribution in [3.05, 3.63) is 0 Å². The minimum absolute atomic E-state index is 0.280. The maximum Gasteiger partial charge on any atom is 0.175 e. The summed E-state index contributed by atoms with van der Waals surface area (Å²) >= 11 is 1.65. The predicted octanol–water partition coefficient (Wildman–Crippen LogP) is -1.51. The van der Waals surface area contributed by atoms with Crippen LogP contribution >= 0.6 is 11.8 Å². The van der Waals surface area contributed by atoms with E-state index in [0.717, 1.165) is 31.5 Å². The lowest BCUT2D eigenvalue weighted by atomic mass is 10.4. The maximum atomic E-state index is 8.62. The highest BCUT2D eigenvalue weighted by atomic mass is 32.2. The van der Waals surface area contributed by atoms with Gasteiger partial charge in [-0.05, 0) is 6.26 Å². The number of aliphatic imine (C=N–C) groups is 1. The second-order valence-electron chi connectivity index (χ2n) is 2.76. The number of nitrogens with one attached hydrogen (secondary N) is 2. The maximum absolute atomic E-state index is 8.62. The summed E-state index contributed by atoms with van der Waals surface area (Å²) in [5, 5.41) is 12.9. The van der Waals surface area contributed by atoms with Crippen molar-refractivity contribution in [3.63, 3.8) is 0 Å². The second kappa shape index (κ2) is 5.40. The van der Waals surface area contributed by atoms with Crippen molar-refractivity contribution >= 4 is 16.9 Å². The first-order valence-corrected chi connectivity index (χ1v) is 5.36. The fourth-order valence-electron chi connectivity index (χ4n) is 1.13. The van der Waals surface area contributed by atoms with Crippen molar-refractivity contribution in [3.8, 4) is 0 Å². The average molecular weight is 190 g/mol. The van der Waals surface area contributed by atoms with Gasteiger partial charge in [0.25, 0.3) is 0 Å². The van der Waals surface area contributed by atoms with Gasteiger partial charge in [0.1, 0.15) is 0 Å². The molecule has 1 rings (SSSR count). The average Bonchev–Trinajstić information content (AvgIpc) is 2.15. The fraction of sp³-hybridized carbons (Fsp3) is 0.857. The van der Waals surface area contributed by atoms with Crippen LogP contribution in [0.15, 0.2) is 4.99 Å². The van der Waals surface area contributed by atoms with Gasteiger partial charge in [0.05, 0.1) is 6.54 Å². The highest BCUT2D eigenvalue weighted by Crippen LogP contribution is 1.93. The SMILES string of the molecule is CSC1=NC[NH+](CCCO)CN1. The third kappa shape index (κ3) is 3.00. The van der Waals surface area contributed by atoms with Crippen LogP contribution in [-0.2, 0) is 0 Å². The van der Waals surface area contributed by atoms with Gasteiger partial charge in [-0.3, -0.25) is 4.90 Å². The summed E-state index contributed by atoms with van der Waals surface area (Å²) in [5.74, 6) is 0. The Hall–Kier alpha value is -0.260. The van der Waals surface area contributed by atoms with Gasteiger partial charge in [-0.25, -0.2) is 4.99 Å². The summed E-state index contributed by atoms with van der Waals surface area (Å²) in [7, 11) is 0. The van der Waals surface area contributed by atoms with Gasteiger partial charge in [0.15, 0.2) is 18.5 Å². The molecule has 1 atom stereocenters. The molecule has 0 spiro atoms. The Labute approximate surface area is 77.0 Å². The summed E-state index contributed by atoms with van der Waals surface area (Å²) in [4.78, 5) is 5.72. The Morgan fingerprint density at radius 3 is 3.08 bits per heavy atom. The number of aliphatic hydroxyl groups is 1. The van der Waals surface area contributed by atoms with Crippen LogP contribution in [0.2, 0.25) is 0 Å². The lowest BCUT2D eigenvalue weighted by Crippen LogP contribution is -3.14. The first kappa shape index (κ1) is 9.83. The van der Waals surface area contributed by atoms with Gasteiger partial charge < -0.3 is 10.4 Å². The van der Waals surface area contributed by atoms with Crippen LogP contribution in [-0.4, -0.2) is 43.0 Å². The normalized spacial score (nSPS) is 23.2. The lowest BCUT2D eigenvalue weighted by molar-refractivity contribution is -0.903. The van der Waals surface area contributed by atoms with Crippen molar-refractivity contribution in [1.82, 2.24) is 5.32 Å². The highest BCUT2D eigenvalue weighted by molar-refractivity contribution is 8.13. The molecule has 0 saturated heterocycles. The molecule has 4 nitrogen and oxygen atoms in total. The number of quaternary nitrogens is 1. The van der Waals surface area contributed by atoms with Gasteiger partial charge in [-0.15, -0.1) is 0 Å². The second-order valence-corrected chi connectivity index (χ2v) is 3.55. The van der Waals surface area contributed by atoms with Gasteiger partial charge in [0.2, 0.25) is 0 Å². The van der Waals surface area contributed by atoms with E-state index in [0.29, 0.717) is 0 Å². The molecule has 0 amide bonds. The smallest absolute Gasteiger partial charge is 0.175 e. The number of nitrogens with zero attached hydrogens (tertiary/aromatic N) is 1. The molecule has 1 aliphatic rings. The Kier molecular flexibility index (Phi) is 4.42. The molecular weight excluding hydrogens is 174 g/mol. The van der Waals surface area contributed by atoms with E-state index < -0.39 is 0 Å². The van der Waals surface area contributed by atoms with E-state index in [1.165, 1.54) is 4.90 Å². The number of hydrogen-bond acceptors (Lipinski definition) is 4. The first-order valence-electron chi connectivity index (χ1n) is 4.13. The Morgan fingerprint density at radius 1 is 1.75 bits per heavy atom. The molecule has 0 aromatic carbocycles. The molecule has 0 bridgehead atoms. The van der Waals surface area contributed by atoms with E-state index in [1.54, 1.807) is 11.8 Å². The van der Waals surface area contributed by atoms with Crippen LogP contribution in [0, 0.1) is 0 Å². The number of amidine groups is 1. The van der Waals surface area contributed by atoms with Crippen LogP contribution in [0.3, 0.4) is 0 Å². The standard InChI is InChI=1S/C7H15N3OS/c1-12-7-8-5-10(6-9-7)3-2-4-11/h11H,2-6H2,1H3,(H,8,9)/p+1. The van der Waals surface area contributed by atoms with Crippen LogP contribution < -0.4 is 10.2 Å². The van der Waals surface area contributed by atoms with Crippen molar-refractivity contribution in [2.75, 3.05) is 32.7 Å². The lowest BCUT2D eigenvalue weighted by Gasteiger charge is -2.22. The molecule has 0 radical (unpaired) electrons. The highest BCUT2D eigenvalue weighted by Gasteiger charge is 2.12. The zero-order valence-corrected chi connectivity index (χ0v) is 8.15. The Bertz CT molecular complexity index is 163. The Morgan fingerprint density at radius 2 is 2.58 bits per heavy atom. The van der Waals surface area contributed by atoms with E-state index in [9.17, 15) is 0 Å². The van der Waals surface area contributed by atoms with Crippen molar-refractivity contribution in [1.29, 1.82) is 0 Å². The van der Waals surface area contributed by atoms with Crippen LogP contribution in [0.5, 0.6) is 0 Å². The molecule has 70 valence electrons. The molecule has 3 N–H and O–H groups in total. The number of aliphatic hydroxyl groups excluding tert-OH is 1. The fourth-order valence-corrected chi connectivity index (χ4v) is 1.54. The molecular formula is C7H16N3OS+. The van der Waals surface area contributed by atoms with Gasteiger partial charge in [0, 0.05) is 13.0 Å². The molecule has 12 heavy (non-hydrogen) atoms. The number of rotatable bonds is 3.